The van der Waals surface area contributed by atoms with Crippen molar-refractivity contribution in [3.8, 4) is 0 Å². The predicted molar refractivity (Wildman–Crippen MR) is 73.0 cm³/mol. The van der Waals surface area contributed by atoms with E-state index in [0.29, 0.717) is 36.7 Å². The summed E-state index contributed by atoms with van der Waals surface area (Å²) >= 11 is 0. The van der Waals surface area contributed by atoms with E-state index in [2.05, 4.69) is 4.98 Å². The van der Waals surface area contributed by atoms with Crippen LogP contribution in [-0.4, -0.2) is 35.8 Å². The summed E-state index contributed by atoms with van der Waals surface area (Å²) in [5.41, 5.74) is 1.76. The number of esters is 1. The van der Waals surface area contributed by atoms with Gasteiger partial charge in [0.15, 0.2) is 0 Å². The lowest BCUT2D eigenvalue weighted by Crippen LogP contribution is -2.34. The van der Waals surface area contributed by atoms with Gasteiger partial charge >= 0.3 is 5.97 Å². The number of nitrogens with zero attached hydrogens (tertiary/aromatic N) is 2. The lowest BCUT2D eigenvalue weighted by Gasteiger charge is -2.29. The average molecular weight is 262 g/mol. The van der Waals surface area contributed by atoms with Gasteiger partial charge in [-0.05, 0) is 32.9 Å². The zero-order valence-corrected chi connectivity index (χ0v) is 11.4. The molecule has 2 heterocycles. The number of hydrogen-bond donors (Lipinski definition) is 1. The molecular formula is C14H18N2O3. The highest BCUT2D eigenvalue weighted by Gasteiger charge is 2.29. The van der Waals surface area contributed by atoms with Gasteiger partial charge in [0.25, 0.3) is 0 Å². The number of aromatic nitrogens is 1. The molecule has 0 radical (unpaired) electrons. The SMILES string of the molecule is CCOC(=O)C1=C(O)c2ccc(C)nc2N(CC)C1. The number of aliphatic hydroxyl groups excluding tert-OH is 1. The molecule has 5 heteroatoms. The molecule has 0 unspecified atom stereocenters. The van der Waals surface area contributed by atoms with Gasteiger partial charge in [-0.15, -0.1) is 0 Å². The number of carbonyl (C=O) groups excluding carboxylic acids is 1. The molecule has 0 fully saturated rings. The van der Waals surface area contributed by atoms with Gasteiger partial charge in [0, 0.05) is 12.2 Å². The molecule has 1 aromatic rings. The third kappa shape index (κ3) is 2.41. The van der Waals surface area contributed by atoms with Crippen LogP contribution in [0.25, 0.3) is 5.76 Å². The predicted octanol–water partition coefficient (Wildman–Crippen LogP) is 2.06. The van der Waals surface area contributed by atoms with Gasteiger partial charge in [-0.3, -0.25) is 0 Å². The van der Waals surface area contributed by atoms with Crippen LogP contribution < -0.4 is 4.90 Å². The number of likely N-dealkylation sites (N-methyl/N-ethyl adjacent to an activating group) is 1. The minimum atomic E-state index is -0.468. The van der Waals surface area contributed by atoms with Crippen LogP contribution in [0, 0.1) is 6.92 Å². The van der Waals surface area contributed by atoms with Crippen LogP contribution in [0.3, 0.4) is 0 Å². The summed E-state index contributed by atoms with van der Waals surface area (Å²) in [6.45, 7) is 6.95. The molecule has 0 amide bonds. The molecule has 0 aromatic carbocycles. The molecule has 0 spiro atoms. The molecule has 0 saturated carbocycles. The van der Waals surface area contributed by atoms with Gasteiger partial charge in [0.05, 0.1) is 24.3 Å². The third-order valence-electron chi connectivity index (χ3n) is 3.11. The van der Waals surface area contributed by atoms with Crippen molar-refractivity contribution in [3.05, 3.63) is 29.0 Å². The average Bonchev–Trinajstić information content (AvgIpc) is 2.39. The molecule has 1 N–H and O–H groups in total. The monoisotopic (exact) mass is 262 g/mol. The first kappa shape index (κ1) is 13.4. The lowest BCUT2D eigenvalue weighted by molar-refractivity contribution is -0.138. The molecule has 1 aliphatic rings. The van der Waals surface area contributed by atoms with Crippen LogP contribution in [0.15, 0.2) is 17.7 Å². The highest BCUT2D eigenvalue weighted by atomic mass is 16.5. The van der Waals surface area contributed by atoms with Crippen LogP contribution >= 0.6 is 0 Å². The van der Waals surface area contributed by atoms with E-state index < -0.39 is 5.97 Å². The fourth-order valence-electron chi connectivity index (χ4n) is 2.11. The second-order valence-electron chi connectivity index (χ2n) is 4.39. The highest BCUT2D eigenvalue weighted by Crippen LogP contribution is 2.32. The summed E-state index contributed by atoms with van der Waals surface area (Å²) in [5.74, 6) is 0.225. The number of pyridine rings is 1. The van der Waals surface area contributed by atoms with Gasteiger partial charge in [-0.25, -0.2) is 9.78 Å². The fraction of sp³-hybridized carbons (Fsp3) is 0.429. The Labute approximate surface area is 112 Å². The van der Waals surface area contributed by atoms with E-state index >= 15 is 0 Å². The number of aliphatic hydroxyl groups is 1. The minimum Gasteiger partial charge on any atom is -0.507 e. The van der Waals surface area contributed by atoms with Gasteiger partial charge in [-0.1, -0.05) is 0 Å². The van der Waals surface area contributed by atoms with Crippen LogP contribution in [0.5, 0.6) is 0 Å². The van der Waals surface area contributed by atoms with Crippen molar-refractivity contribution < 1.29 is 14.6 Å². The molecule has 102 valence electrons. The van der Waals surface area contributed by atoms with Crippen LogP contribution in [-0.2, 0) is 9.53 Å². The number of rotatable bonds is 3. The van der Waals surface area contributed by atoms with Crippen molar-refractivity contribution in [2.75, 3.05) is 24.6 Å². The minimum absolute atomic E-state index is 0.0225. The van der Waals surface area contributed by atoms with Gasteiger partial charge in [0.2, 0.25) is 0 Å². The molecule has 5 nitrogen and oxygen atoms in total. The van der Waals surface area contributed by atoms with Crippen LogP contribution in [0.2, 0.25) is 0 Å². The van der Waals surface area contributed by atoms with E-state index in [1.165, 1.54) is 0 Å². The standard InChI is InChI=1S/C14H18N2O3/c1-4-16-8-11(14(18)19-5-2)12(17)10-7-6-9(3)15-13(10)16/h6-7,17H,4-5,8H2,1-3H3. The second kappa shape index (κ2) is 5.30. The van der Waals surface area contributed by atoms with Crippen molar-refractivity contribution >= 4 is 17.5 Å². The second-order valence-corrected chi connectivity index (χ2v) is 4.39. The van der Waals surface area contributed by atoms with E-state index in [1.54, 1.807) is 13.0 Å². The summed E-state index contributed by atoms with van der Waals surface area (Å²) in [4.78, 5) is 18.2. The maximum Gasteiger partial charge on any atom is 0.339 e. The van der Waals surface area contributed by atoms with E-state index in [9.17, 15) is 9.90 Å². The molecule has 1 aliphatic heterocycles. The Kier molecular flexibility index (Phi) is 3.74. The summed E-state index contributed by atoms with van der Waals surface area (Å²) in [7, 11) is 0. The first-order valence-corrected chi connectivity index (χ1v) is 6.40. The Balaban J connectivity index is 2.50. The Morgan fingerprint density at radius 1 is 1.47 bits per heavy atom. The first-order valence-electron chi connectivity index (χ1n) is 6.40. The molecule has 2 rings (SSSR count). The number of anilines is 1. The molecule has 0 bridgehead atoms. The Morgan fingerprint density at radius 3 is 2.84 bits per heavy atom. The molecule has 1 aromatic heterocycles. The third-order valence-corrected chi connectivity index (χ3v) is 3.11. The number of carbonyl (C=O) groups is 1. The number of hydrogen-bond acceptors (Lipinski definition) is 5. The van der Waals surface area contributed by atoms with E-state index in [0.717, 1.165) is 5.69 Å². The van der Waals surface area contributed by atoms with Crippen molar-refractivity contribution in [2.24, 2.45) is 0 Å². The van der Waals surface area contributed by atoms with Crippen LogP contribution in [0.1, 0.15) is 25.1 Å². The molecular weight excluding hydrogens is 244 g/mol. The quantitative estimate of drug-likeness (QED) is 0.845. The number of fused-ring (bicyclic) bond motifs is 1. The van der Waals surface area contributed by atoms with E-state index in [1.807, 2.05) is 24.8 Å². The topological polar surface area (TPSA) is 62.7 Å². The summed E-state index contributed by atoms with van der Waals surface area (Å²) < 4.78 is 4.98. The van der Waals surface area contributed by atoms with Crippen molar-refractivity contribution in [1.82, 2.24) is 4.98 Å². The Hall–Kier alpha value is -2.04. The van der Waals surface area contributed by atoms with E-state index in [4.69, 9.17) is 4.74 Å². The largest absolute Gasteiger partial charge is 0.507 e. The van der Waals surface area contributed by atoms with Gasteiger partial charge in [-0.2, -0.15) is 0 Å². The Morgan fingerprint density at radius 2 is 2.21 bits per heavy atom. The summed E-state index contributed by atoms with van der Waals surface area (Å²) in [6.07, 6.45) is 0. The summed E-state index contributed by atoms with van der Waals surface area (Å²) in [5, 5.41) is 10.2. The molecule has 19 heavy (non-hydrogen) atoms. The lowest BCUT2D eigenvalue weighted by atomic mass is 10.0. The zero-order valence-electron chi connectivity index (χ0n) is 11.4. The van der Waals surface area contributed by atoms with Crippen LogP contribution in [0.4, 0.5) is 5.82 Å². The smallest absolute Gasteiger partial charge is 0.339 e. The van der Waals surface area contributed by atoms with Crippen molar-refractivity contribution in [2.45, 2.75) is 20.8 Å². The molecule has 0 aliphatic carbocycles. The maximum absolute atomic E-state index is 11.9. The maximum atomic E-state index is 11.9. The van der Waals surface area contributed by atoms with Gasteiger partial charge < -0.3 is 14.7 Å². The fourth-order valence-corrected chi connectivity index (χ4v) is 2.11. The molecule has 0 saturated heterocycles. The van der Waals surface area contributed by atoms with Crippen molar-refractivity contribution in [1.29, 1.82) is 0 Å². The Bertz CT molecular complexity index is 537. The zero-order chi connectivity index (χ0) is 14.0. The van der Waals surface area contributed by atoms with Gasteiger partial charge in [0.1, 0.15) is 11.6 Å². The number of aryl methyl sites for hydroxylation is 1. The normalized spacial score (nSPS) is 14.4. The number of ether oxygens (including phenoxy) is 1. The van der Waals surface area contributed by atoms with Crippen molar-refractivity contribution in [3.63, 3.8) is 0 Å². The highest BCUT2D eigenvalue weighted by molar-refractivity contribution is 5.99. The molecule has 0 atom stereocenters. The van der Waals surface area contributed by atoms with E-state index in [-0.39, 0.29) is 5.76 Å². The first-order chi connectivity index (χ1) is 9.08. The summed E-state index contributed by atoms with van der Waals surface area (Å²) in [6, 6.07) is 3.60.